The number of nitrogens with zero attached hydrogens (tertiary/aromatic N) is 3. The molecule has 0 aliphatic rings. The molecule has 0 spiro atoms. The number of thioether (sulfide) groups is 1. The van der Waals surface area contributed by atoms with Crippen molar-refractivity contribution in [2.45, 2.75) is 18.2 Å². The molecule has 1 aromatic heterocycles. The first kappa shape index (κ1) is 24.3. The lowest BCUT2D eigenvalue weighted by Gasteiger charge is -2.15. The summed E-state index contributed by atoms with van der Waals surface area (Å²) in [4.78, 5) is 12.3. The maximum atomic E-state index is 12.3. The molecule has 3 rings (SSSR count). The molecule has 1 amide bonds. The van der Waals surface area contributed by atoms with Crippen molar-refractivity contribution in [1.82, 2.24) is 14.8 Å². The van der Waals surface area contributed by atoms with E-state index < -0.39 is 6.10 Å². The van der Waals surface area contributed by atoms with Gasteiger partial charge in [-0.3, -0.25) is 4.79 Å². The minimum absolute atomic E-state index is 0.0813. The SMILES string of the molecule is CC(Oc1cc(Cl)ccc1Cl)c1nnc(SCC(=O)Nc2cc(Cl)c(Cl)cc2Cl)n1C. The molecule has 0 fully saturated rings. The van der Waals surface area contributed by atoms with Gasteiger partial charge < -0.3 is 14.6 Å². The van der Waals surface area contributed by atoms with Gasteiger partial charge in [0.1, 0.15) is 5.75 Å². The molecule has 0 bridgehead atoms. The van der Waals surface area contributed by atoms with Crippen molar-refractivity contribution >= 4 is 81.4 Å². The van der Waals surface area contributed by atoms with Crippen LogP contribution in [-0.2, 0) is 11.8 Å². The molecule has 0 radical (unpaired) electrons. The van der Waals surface area contributed by atoms with Crippen molar-refractivity contribution in [3.63, 3.8) is 0 Å². The third-order valence-electron chi connectivity index (χ3n) is 4.05. The average Bonchev–Trinajstić information content (AvgIpc) is 3.08. The van der Waals surface area contributed by atoms with Crippen LogP contribution in [0.15, 0.2) is 35.5 Å². The van der Waals surface area contributed by atoms with Crippen LogP contribution in [-0.4, -0.2) is 26.4 Å². The zero-order chi connectivity index (χ0) is 22.7. The van der Waals surface area contributed by atoms with Gasteiger partial charge in [-0.1, -0.05) is 69.8 Å². The number of hydrogen-bond acceptors (Lipinski definition) is 5. The molecule has 0 saturated heterocycles. The molecule has 1 heterocycles. The monoisotopic (exact) mass is 538 g/mol. The predicted molar refractivity (Wildman–Crippen MR) is 127 cm³/mol. The zero-order valence-corrected chi connectivity index (χ0v) is 20.7. The third kappa shape index (κ3) is 6.12. The minimum Gasteiger partial charge on any atom is -0.481 e. The highest BCUT2D eigenvalue weighted by Crippen LogP contribution is 2.33. The van der Waals surface area contributed by atoms with E-state index in [1.165, 1.54) is 23.9 Å². The first-order chi connectivity index (χ1) is 14.7. The molecule has 0 saturated carbocycles. The van der Waals surface area contributed by atoms with Crippen LogP contribution in [0.1, 0.15) is 18.9 Å². The zero-order valence-electron chi connectivity index (χ0n) is 16.1. The second kappa shape index (κ2) is 10.5. The first-order valence-corrected chi connectivity index (χ1v) is 11.6. The first-order valence-electron chi connectivity index (χ1n) is 8.74. The highest BCUT2D eigenvalue weighted by molar-refractivity contribution is 7.99. The Balaban J connectivity index is 1.63. The van der Waals surface area contributed by atoms with E-state index >= 15 is 0 Å². The summed E-state index contributed by atoms with van der Waals surface area (Å²) < 4.78 is 7.62. The number of ether oxygens (including phenoxy) is 1. The van der Waals surface area contributed by atoms with Crippen LogP contribution in [0.4, 0.5) is 5.69 Å². The molecule has 31 heavy (non-hydrogen) atoms. The van der Waals surface area contributed by atoms with Crippen LogP contribution in [0.5, 0.6) is 5.75 Å². The number of hydrogen-bond donors (Lipinski definition) is 1. The van der Waals surface area contributed by atoms with Crippen molar-refractivity contribution in [3.8, 4) is 5.75 Å². The molecule has 12 heteroatoms. The predicted octanol–water partition coefficient (Wildman–Crippen LogP) is 6.95. The number of nitrogens with one attached hydrogen (secondary N) is 1. The second-order valence-electron chi connectivity index (χ2n) is 6.32. The van der Waals surface area contributed by atoms with Gasteiger partial charge in [-0.25, -0.2) is 0 Å². The number of carbonyl (C=O) groups is 1. The number of anilines is 1. The highest BCUT2D eigenvalue weighted by atomic mass is 35.5. The number of carbonyl (C=O) groups excluding carboxylic acids is 1. The number of rotatable bonds is 7. The Kier molecular flexibility index (Phi) is 8.24. The second-order valence-corrected chi connectivity index (χ2v) is 9.33. The summed E-state index contributed by atoms with van der Waals surface area (Å²) in [5, 5.41) is 13.4. The van der Waals surface area contributed by atoms with Crippen LogP contribution < -0.4 is 10.1 Å². The van der Waals surface area contributed by atoms with Crippen molar-refractivity contribution in [3.05, 3.63) is 61.3 Å². The topological polar surface area (TPSA) is 69.0 Å². The van der Waals surface area contributed by atoms with Gasteiger partial charge in [-0.2, -0.15) is 0 Å². The molecule has 1 unspecified atom stereocenters. The van der Waals surface area contributed by atoms with Crippen LogP contribution >= 0.6 is 69.8 Å². The van der Waals surface area contributed by atoms with Gasteiger partial charge in [0, 0.05) is 18.1 Å². The van der Waals surface area contributed by atoms with E-state index in [4.69, 9.17) is 62.7 Å². The van der Waals surface area contributed by atoms with Crippen molar-refractivity contribution in [1.29, 1.82) is 0 Å². The summed E-state index contributed by atoms with van der Waals surface area (Å²) in [7, 11) is 1.78. The van der Waals surface area contributed by atoms with Crippen molar-refractivity contribution in [2.75, 3.05) is 11.1 Å². The van der Waals surface area contributed by atoms with Crippen LogP contribution in [0.3, 0.4) is 0 Å². The maximum absolute atomic E-state index is 12.3. The smallest absolute Gasteiger partial charge is 0.234 e. The molecule has 6 nitrogen and oxygen atoms in total. The molecule has 2 aromatic carbocycles. The largest absolute Gasteiger partial charge is 0.481 e. The molecule has 1 N–H and O–H groups in total. The molecule has 0 aliphatic heterocycles. The summed E-state index contributed by atoms with van der Waals surface area (Å²) in [6.45, 7) is 1.81. The third-order valence-corrected chi connectivity index (χ3v) is 6.65. The molecule has 0 aliphatic carbocycles. The number of benzene rings is 2. The Labute approximate surface area is 208 Å². The van der Waals surface area contributed by atoms with Gasteiger partial charge in [0.2, 0.25) is 5.91 Å². The molecular formula is C19H15Cl5N4O2S. The number of amides is 1. The number of aromatic nitrogens is 3. The molecular weight excluding hydrogens is 526 g/mol. The van der Waals surface area contributed by atoms with Gasteiger partial charge in [0.25, 0.3) is 0 Å². The van der Waals surface area contributed by atoms with E-state index in [2.05, 4.69) is 15.5 Å². The fourth-order valence-electron chi connectivity index (χ4n) is 2.55. The van der Waals surface area contributed by atoms with Crippen molar-refractivity contribution in [2.24, 2.45) is 7.05 Å². The fourth-order valence-corrected chi connectivity index (χ4v) is 4.19. The fraction of sp³-hybridized carbons (Fsp3) is 0.211. The van der Waals surface area contributed by atoms with Gasteiger partial charge >= 0.3 is 0 Å². The van der Waals surface area contributed by atoms with E-state index in [9.17, 15) is 4.79 Å². The van der Waals surface area contributed by atoms with E-state index in [1.807, 2.05) is 6.92 Å². The average molecular weight is 541 g/mol. The Morgan fingerprint density at radius 3 is 2.52 bits per heavy atom. The Morgan fingerprint density at radius 1 is 1.06 bits per heavy atom. The summed E-state index contributed by atoms with van der Waals surface area (Å²) in [5.74, 6) is 0.797. The summed E-state index contributed by atoms with van der Waals surface area (Å²) in [6, 6.07) is 7.92. The Morgan fingerprint density at radius 2 is 1.77 bits per heavy atom. The standard InChI is InChI=1S/C19H15Cl5N4O2S/c1-9(30-16-5-10(20)3-4-11(16)21)18-26-27-19(28(18)2)31-8-17(29)25-15-7-13(23)12(22)6-14(15)24/h3-7,9H,8H2,1-2H3,(H,25,29). The van der Waals surface area contributed by atoms with Crippen LogP contribution in [0.2, 0.25) is 25.1 Å². The molecule has 164 valence electrons. The lowest BCUT2D eigenvalue weighted by molar-refractivity contribution is -0.113. The van der Waals surface area contributed by atoms with E-state index in [0.717, 1.165) is 0 Å². The van der Waals surface area contributed by atoms with Gasteiger partial charge in [0.15, 0.2) is 17.1 Å². The Bertz CT molecular complexity index is 1120. The summed E-state index contributed by atoms with van der Waals surface area (Å²) in [5.41, 5.74) is 0.376. The van der Waals surface area contributed by atoms with Crippen molar-refractivity contribution < 1.29 is 9.53 Å². The van der Waals surface area contributed by atoms with E-state index in [-0.39, 0.29) is 11.7 Å². The van der Waals surface area contributed by atoms with Crippen LogP contribution in [0, 0.1) is 0 Å². The van der Waals surface area contributed by atoms with E-state index in [1.54, 1.807) is 29.8 Å². The summed E-state index contributed by atoms with van der Waals surface area (Å²) >= 11 is 31.3. The minimum atomic E-state index is -0.452. The molecule has 3 aromatic rings. The lowest BCUT2D eigenvalue weighted by Crippen LogP contribution is -2.15. The van der Waals surface area contributed by atoms with Gasteiger partial charge in [-0.05, 0) is 31.2 Å². The number of halogens is 5. The van der Waals surface area contributed by atoms with Gasteiger partial charge in [-0.15, -0.1) is 10.2 Å². The quantitative estimate of drug-likeness (QED) is 0.259. The molecule has 1 atom stereocenters. The maximum Gasteiger partial charge on any atom is 0.234 e. The van der Waals surface area contributed by atoms with Gasteiger partial charge in [0.05, 0.1) is 31.5 Å². The lowest BCUT2D eigenvalue weighted by atomic mass is 10.3. The van der Waals surface area contributed by atoms with Crippen LogP contribution in [0.25, 0.3) is 0 Å². The normalized spacial score (nSPS) is 12.0. The Hall–Kier alpha value is -1.35. The van der Waals surface area contributed by atoms with E-state index in [0.29, 0.717) is 47.5 Å². The highest BCUT2D eigenvalue weighted by Gasteiger charge is 2.19. The summed E-state index contributed by atoms with van der Waals surface area (Å²) in [6.07, 6.45) is -0.452.